The molecule has 1 aliphatic carbocycles. The lowest BCUT2D eigenvalue weighted by molar-refractivity contribution is -0.152. The molecule has 0 radical (unpaired) electrons. The molecule has 21 heavy (non-hydrogen) atoms. The summed E-state index contributed by atoms with van der Waals surface area (Å²) in [5, 5.41) is 12.4. The van der Waals surface area contributed by atoms with Crippen molar-refractivity contribution in [1.82, 2.24) is 5.32 Å². The summed E-state index contributed by atoms with van der Waals surface area (Å²) in [5.74, 6) is -0.986. The zero-order valence-corrected chi connectivity index (χ0v) is 14.4. The number of hydrogen-bond acceptors (Lipinski definition) is 3. The molecule has 1 aliphatic rings. The van der Waals surface area contributed by atoms with Gasteiger partial charge in [0, 0.05) is 17.7 Å². The Morgan fingerprint density at radius 2 is 1.76 bits per heavy atom. The third-order valence-corrected chi connectivity index (χ3v) is 6.53. The second-order valence-electron chi connectivity index (χ2n) is 6.19. The summed E-state index contributed by atoms with van der Waals surface area (Å²) in [6.07, 6.45) is 9.17. The number of amides is 1. The predicted molar refractivity (Wildman–Crippen MR) is 87.6 cm³/mol. The maximum Gasteiger partial charge on any atom is 0.310 e. The number of carbonyl (C=O) groups excluding carboxylic acids is 1. The molecule has 1 fully saturated rings. The molecule has 0 heterocycles. The Bertz CT molecular complexity index is 361. The number of nitrogens with one attached hydrogen (secondary N) is 1. The summed E-state index contributed by atoms with van der Waals surface area (Å²) < 4.78 is 0.151. The highest BCUT2D eigenvalue weighted by Crippen LogP contribution is 2.38. The predicted octanol–water partition coefficient (Wildman–Crippen LogP) is 3.45. The van der Waals surface area contributed by atoms with Crippen LogP contribution in [0, 0.1) is 5.41 Å². The molecule has 1 amide bonds. The van der Waals surface area contributed by atoms with Gasteiger partial charge in [-0.15, -0.1) is 0 Å². The van der Waals surface area contributed by atoms with E-state index in [2.05, 4.69) is 11.6 Å². The van der Waals surface area contributed by atoms with Crippen molar-refractivity contribution in [1.29, 1.82) is 0 Å². The average Bonchev–Trinajstić information content (AvgIpc) is 2.51. The highest BCUT2D eigenvalue weighted by molar-refractivity contribution is 8.00. The van der Waals surface area contributed by atoms with Crippen LogP contribution in [0.1, 0.15) is 65.2 Å². The SMILES string of the molecule is CCC(CC)(CC(=O)NCC1(SC)CCCCC1)C(=O)O. The Morgan fingerprint density at radius 3 is 2.19 bits per heavy atom. The molecule has 0 aliphatic heterocycles. The molecule has 0 aromatic heterocycles. The summed E-state index contributed by atoms with van der Waals surface area (Å²) in [6, 6.07) is 0. The second kappa shape index (κ2) is 8.06. The van der Waals surface area contributed by atoms with Crippen LogP contribution in [0.25, 0.3) is 0 Å². The van der Waals surface area contributed by atoms with Crippen molar-refractivity contribution in [2.75, 3.05) is 12.8 Å². The van der Waals surface area contributed by atoms with Gasteiger partial charge in [-0.1, -0.05) is 33.1 Å². The number of carboxylic acid groups (broad SMARTS) is 1. The molecule has 0 bridgehead atoms. The maximum absolute atomic E-state index is 12.2. The van der Waals surface area contributed by atoms with Crippen molar-refractivity contribution >= 4 is 23.6 Å². The normalized spacial score (nSPS) is 18.2. The summed E-state index contributed by atoms with van der Waals surface area (Å²) in [6.45, 7) is 4.35. The lowest BCUT2D eigenvalue weighted by Crippen LogP contribution is -2.44. The van der Waals surface area contributed by atoms with E-state index < -0.39 is 11.4 Å². The number of rotatable bonds is 8. The van der Waals surface area contributed by atoms with Crippen LogP contribution in [0.3, 0.4) is 0 Å². The largest absolute Gasteiger partial charge is 0.481 e. The van der Waals surface area contributed by atoms with Crippen LogP contribution in [-0.2, 0) is 9.59 Å². The quantitative estimate of drug-likeness (QED) is 0.720. The van der Waals surface area contributed by atoms with Crippen LogP contribution >= 0.6 is 11.8 Å². The van der Waals surface area contributed by atoms with Gasteiger partial charge in [0.15, 0.2) is 0 Å². The van der Waals surface area contributed by atoms with Crippen LogP contribution in [0.15, 0.2) is 0 Å². The number of carbonyl (C=O) groups is 2. The molecule has 1 saturated carbocycles. The van der Waals surface area contributed by atoms with Gasteiger partial charge in [0.05, 0.1) is 5.41 Å². The number of aliphatic carboxylic acids is 1. The fourth-order valence-corrected chi connectivity index (χ4v) is 4.07. The first-order valence-electron chi connectivity index (χ1n) is 7.99. The van der Waals surface area contributed by atoms with Crippen LogP contribution in [0.4, 0.5) is 0 Å². The van der Waals surface area contributed by atoms with Crippen molar-refractivity contribution in [3.8, 4) is 0 Å². The smallest absolute Gasteiger partial charge is 0.310 e. The van der Waals surface area contributed by atoms with E-state index in [0.717, 1.165) is 12.8 Å². The van der Waals surface area contributed by atoms with Gasteiger partial charge in [0.25, 0.3) is 0 Å². The zero-order chi connectivity index (χ0) is 15.9. The minimum absolute atomic E-state index is 0.0831. The van der Waals surface area contributed by atoms with Crippen LogP contribution < -0.4 is 5.32 Å². The van der Waals surface area contributed by atoms with Crippen LogP contribution in [-0.4, -0.2) is 34.5 Å². The Kier molecular flexibility index (Phi) is 7.04. The highest BCUT2D eigenvalue weighted by Gasteiger charge is 2.38. The summed E-state index contributed by atoms with van der Waals surface area (Å²) in [4.78, 5) is 23.7. The van der Waals surface area contributed by atoms with Gasteiger partial charge in [-0.2, -0.15) is 11.8 Å². The van der Waals surface area contributed by atoms with Gasteiger partial charge in [-0.25, -0.2) is 0 Å². The topological polar surface area (TPSA) is 66.4 Å². The molecule has 0 unspecified atom stereocenters. The first kappa shape index (κ1) is 18.3. The third-order valence-electron chi connectivity index (χ3n) is 5.11. The first-order valence-corrected chi connectivity index (χ1v) is 9.21. The van der Waals surface area contributed by atoms with E-state index in [9.17, 15) is 14.7 Å². The summed E-state index contributed by atoms with van der Waals surface area (Å²) >= 11 is 1.84. The summed E-state index contributed by atoms with van der Waals surface area (Å²) in [5.41, 5.74) is -0.914. The molecule has 0 atom stereocenters. The van der Waals surface area contributed by atoms with E-state index in [1.165, 1.54) is 19.3 Å². The molecule has 1 rings (SSSR count). The van der Waals surface area contributed by atoms with Gasteiger partial charge >= 0.3 is 5.97 Å². The summed E-state index contributed by atoms with van der Waals surface area (Å²) in [7, 11) is 0. The molecule has 122 valence electrons. The highest BCUT2D eigenvalue weighted by atomic mass is 32.2. The monoisotopic (exact) mass is 315 g/mol. The fourth-order valence-electron chi connectivity index (χ4n) is 3.16. The van der Waals surface area contributed by atoms with E-state index in [-0.39, 0.29) is 17.1 Å². The maximum atomic E-state index is 12.2. The Morgan fingerprint density at radius 1 is 1.19 bits per heavy atom. The van der Waals surface area contributed by atoms with E-state index >= 15 is 0 Å². The zero-order valence-electron chi connectivity index (χ0n) is 13.5. The van der Waals surface area contributed by atoms with Crippen LogP contribution in [0.5, 0.6) is 0 Å². The fraction of sp³-hybridized carbons (Fsp3) is 0.875. The van der Waals surface area contributed by atoms with Gasteiger partial charge in [0.1, 0.15) is 0 Å². The van der Waals surface area contributed by atoms with E-state index in [1.54, 1.807) is 0 Å². The number of hydrogen-bond donors (Lipinski definition) is 2. The number of carboxylic acids is 1. The second-order valence-corrected chi connectivity index (χ2v) is 7.47. The van der Waals surface area contributed by atoms with Crippen LogP contribution in [0.2, 0.25) is 0 Å². The van der Waals surface area contributed by atoms with Gasteiger partial charge in [-0.3, -0.25) is 9.59 Å². The minimum Gasteiger partial charge on any atom is -0.481 e. The minimum atomic E-state index is -0.914. The standard InChI is InChI=1S/C16H29NO3S/c1-4-15(5-2,14(19)20)11-13(18)17-12-16(21-3)9-7-6-8-10-16/h4-12H2,1-3H3,(H,17,18)(H,19,20). The average molecular weight is 315 g/mol. The molecule has 0 aromatic carbocycles. The van der Waals surface area contributed by atoms with Crippen molar-refractivity contribution in [2.45, 2.75) is 70.0 Å². The van der Waals surface area contributed by atoms with E-state index in [0.29, 0.717) is 19.4 Å². The molecule has 2 N–H and O–H groups in total. The van der Waals surface area contributed by atoms with Crippen molar-refractivity contribution in [3.05, 3.63) is 0 Å². The third kappa shape index (κ3) is 4.63. The van der Waals surface area contributed by atoms with Gasteiger partial charge in [0.2, 0.25) is 5.91 Å². The van der Waals surface area contributed by atoms with Crippen molar-refractivity contribution in [3.63, 3.8) is 0 Å². The van der Waals surface area contributed by atoms with E-state index in [4.69, 9.17) is 0 Å². The molecule has 0 spiro atoms. The molecule has 0 aromatic rings. The first-order chi connectivity index (χ1) is 9.93. The molecule has 4 nitrogen and oxygen atoms in total. The van der Waals surface area contributed by atoms with Crippen molar-refractivity contribution < 1.29 is 14.7 Å². The van der Waals surface area contributed by atoms with Crippen molar-refractivity contribution in [2.24, 2.45) is 5.41 Å². The van der Waals surface area contributed by atoms with Gasteiger partial charge < -0.3 is 10.4 Å². The molecular formula is C16H29NO3S. The molecule has 5 heteroatoms. The Balaban J connectivity index is 2.58. The van der Waals surface area contributed by atoms with E-state index in [1.807, 2.05) is 25.6 Å². The number of thioether (sulfide) groups is 1. The Hall–Kier alpha value is -0.710. The lowest BCUT2D eigenvalue weighted by Gasteiger charge is -2.36. The van der Waals surface area contributed by atoms with Gasteiger partial charge in [-0.05, 0) is 31.9 Å². The molecular weight excluding hydrogens is 286 g/mol. The Labute approximate surface area is 132 Å². The lowest BCUT2D eigenvalue weighted by atomic mass is 9.79. The molecule has 0 saturated heterocycles.